The Kier molecular flexibility index (Phi) is 7.01. The third-order valence-electron chi connectivity index (χ3n) is 6.98. The van der Waals surface area contributed by atoms with Crippen LogP contribution < -0.4 is 10.1 Å². The van der Waals surface area contributed by atoms with E-state index in [0.717, 1.165) is 10.6 Å². The van der Waals surface area contributed by atoms with Crippen LogP contribution in [0.2, 0.25) is 0 Å². The second-order valence-electron chi connectivity index (χ2n) is 9.73. The van der Waals surface area contributed by atoms with Gasteiger partial charge in [-0.1, -0.05) is 6.07 Å². The number of rotatable bonds is 7. The van der Waals surface area contributed by atoms with Crippen molar-refractivity contribution in [1.29, 1.82) is 5.26 Å². The monoisotopic (exact) mass is 536 g/mol. The second-order valence-corrected chi connectivity index (χ2v) is 9.73. The van der Waals surface area contributed by atoms with E-state index in [1.54, 1.807) is 22.9 Å². The number of piperidine rings is 1. The van der Waals surface area contributed by atoms with Crippen molar-refractivity contribution in [3.63, 3.8) is 0 Å². The van der Waals surface area contributed by atoms with Crippen molar-refractivity contribution in [2.45, 2.75) is 30.8 Å². The van der Waals surface area contributed by atoms with Gasteiger partial charge in [-0.15, -0.1) is 0 Å². The van der Waals surface area contributed by atoms with E-state index in [-0.39, 0.29) is 42.0 Å². The summed E-state index contributed by atoms with van der Waals surface area (Å²) in [4.78, 5) is 29.5. The lowest BCUT2D eigenvalue weighted by Gasteiger charge is -2.38. The Morgan fingerprint density at radius 3 is 2.74 bits per heavy atom. The van der Waals surface area contributed by atoms with Crippen molar-refractivity contribution < 1.29 is 28.2 Å². The first-order valence-electron chi connectivity index (χ1n) is 12.4. The van der Waals surface area contributed by atoms with E-state index in [1.807, 2.05) is 25.4 Å². The molecule has 1 saturated heterocycles. The molecule has 3 heterocycles. The molecule has 0 radical (unpaired) electrons. The zero-order valence-corrected chi connectivity index (χ0v) is 21.1. The van der Waals surface area contributed by atoms with E-state index < -0.39 is 31.1 Å². The van der Waals surface area contributed by atoms with Gasteiger partial charge in [-0.05, 0) is 47.9 Å². The van der Waals surface area contributed by atoms with Crippen LogP contribution in [0.4, 0.5) is 14.6 Å². The predicted octanol–water partition coefficient (Wildman–Crippen LogP) is 2.70. The normalized spacial score (nSPS) is 21.6. The SMILES string of the molecule is Cn1ccc(C2CC2C(=O)Nc2cc(-c3ccc(O[C@H]4CCN(C(=O)CO)CC4(F)F)c(C#N)c3)ccn2)n1. The second kappa shape index (κ2) is 10.4. The van der Waals surface area contributed by atoms with Crippen LogP contribution in [0.25, 0.3) is 11.1 Å². The highest BCUT2D eigenvalue weighted by molar-refractivity contribution is 5.94. The molecule has 2 unspecified atom stereocenters. The Morgan fingerprint density at radius 2 is 2.05 bits per heavy atom. The quantitative estimate of drug-likeness (QED) is 0.474. The Labute approximate surface area is 222 Å². The van der Waals surface area contributed by atoms with E-state index in [0.29, 0.717) is 23.4 Å². The summed E-state index contributed by atoms with van der Waals surface area (Å²) >= 11 is 0. The third kappa shape index (κ3) is 5.58. The fourth-order valence-corrected chi connectivity index (χ4v) is 4.77. The molecule has 202 valence electrons. The molecule has 1 saturated carbocycles. The first kappa shape index (κ1) is 26.2. The number of likely N-dealkylation sites (tertiary alicyclic amines) is 1. The maximum absolute atomic E-state index is 14.7. The lowest BCUT2D eigenvalue weighted by Crippen LogP contribution is -2.55. The Hall–Kier alpha value is -4.37. The number of benzene rings is 1. The number of nitrogens with one attached hydrogen (secondary N) is 1. The predicted molar refractivity (Wildman–Crippen MR) is 135 cm³/mol. The van der Waals surface area contributed by atoms with Gasteiger partial charge in [-0.3, -0.25) is 14.3 Å². The number of amides is 2. The minimum absolute atomic E-state index is 0.00439. The Morgan fingerprint density at radius 1 is 1.26 bits per heavy atom. The number of halogens is 2. The highest BCUT2D eigenvalue weighted by atomic mass is 19.3. The summed E-state index contributed by atoms with van der Waals surface area (Å²) in [5, 5.41) is 25.8. The zero-order chi connectivity index (χ0) is 27.7. The van der Waals surface area contributed by atoms with Gasteiger partial charge >= 0.3 is 5.92 Å². The van der Waals surface area contributed by atoms with Crippen molar-refractivity contribution in [2.24, 2.45) is 13.0 Å². The number of pyridine rings is 1. The van der Waals surface area contributed by atoms with Crippen molar-refractivity contribution >= 4 is 17.6 Å². The van der Waals surface area contributed by atoms with Crippen LogP contribution in [-0.4, -0.2) is 68.3 Å². The van der Waals surface area contributed by atoms with E-state index >= 15 is 0 Å². The number of carbonyl (C=O) groups is 2. The lowest BCUT2D eigenvalue weighted by molar-refractivity contribution is -0.161. The molecule has 2 fully saturated rings. The van der Waals surface area contributed by atoms with Gasteiger partial charge < -0.3 is 20.1 Å². The highest BCUT2D eigenvalue weighted by Gasteiger charge is 2.48. The number of hydrogen-bond donors (Lipinski definition) is 2. The number of alkyl halides is 2. The van der Waals surface area contributed by atoms with E-state index in [4.69, 9.17) is 9.84 Å². The average molecular weight is 537 g/mol. The van der Waals surface area contributed by atoms with Crippen molar-refractivity contribution in [1.82, 2.24) is 19.7 Å². The van der Waals surface area contributed by atoms with Crippen molar-refractivity contribution in [2.75, 3.05) is 25.0 Å². The van der Waals surface area contributed by atoms with Gasteiger partial charge in [0.2, 0.25) is 11.8 Å². The summed E-state index contributed by atoms with van der Waals surface area (Å²) in [6.45, 7) is -1.70. The first-order chi connectivity index (χ1) is 18.7. The van der Waals surface area contributed by atoms with Gasteiger partial charge in [0, 0.05) is 44.2 Å². The Balaban J connectivity index is 1.27. The number of aryl methyl sites for hydroxylation is 1. The summed E-state index contributed by atoms with van der Waals surface area (Å²) in [5.41, 5.74) is 2.23. The van der Waals surface area contributed by atoms with Gasteiger partial charge in [0.05, 0.1) is 17.8 Å². The van der Waals surface area contributed by atoms with Gasteiger partial charge in [-0.2, -0.15) is 10.4 Å². The van der Waals surface area contributed by atoms with E-state index in [2.05, 4.69) is 15.4 Å². The highest BCUT2D eigenvalue weighted by Crippen LogP contribution is 2.47. The van der Waals surface area contributed by atoms with Crippen LogP contribution in [0.15, 0.2) is 48.8 Å². The molecule has 0 spiro atoms. The average Bonchev–Trinajstić information content (AvgIpc) is 3.62. The molecule has 2 aliphatic rings. The van der Waals surface area contributed by atoms with Gasteiger partial charge in [0.1, 0.15) is 24.2 Å². The molecular formula is C27H26F2N6O4. The molecule has 1 aromatic carbocycles. The van der Waals surface area contributed by atoms with Gasteiger partial charge in [0.15, 0.2) is 6.10 Å². The molecule has 39 heavy (non-hydrogen) atoms. The van der Waals surface area contributed by atoms with Crippen LogP contribution in [0.3, 0.4) is 0 Å². The number of anilines is 1. The molecule has 2 aromatic heterocycles. The van der Waals surface area contributed by atoms with Crippen LogP contribution in [0, 0.1) is 17.2 Å². The molecular weight excluding hydrogens is 510 g/mol. The molecule has 3 aromatic rings. The lowest BCUT2D eigenvalue weighted by atomic mass is 10.0. The number of ether oxygens (including phenoxy) is 1. The first-order valence-corrected chi connectivity index (χ1v) is 12.4. The van der Waals surface area contributed by atoms with E-state index in [1.165, 1.54) is 18.3 Å². The number of aromatic nitrogens is 3. The molecule has 2 amide bonds. The number of aliphatic hydroxyl groups is 1. The minimum Gasteiger partial charge on any atom is -0.483 e. The molecule has 0 bridgehead atoms. The van der Waals surface area contributed by atoms with Crippen LogP contribution in [0.1, 0.15) is 30.0 Å². The minimum atomic E-state index is -3.36. The molecule has 2 N–H and O–H groups in total. The van der Waals surface area contributed by atoms with Crippen LogP contribution >= 0.6 is 0 Å². The summed E-state index contributed by atoms with van der Waals surface area (Å²) in [7, 11) is 1.83. The fourth-order valence-electron chi connectivity index (χ4n) is 4.77. The molecule has 5 rings (SSSR count). The molecule has 1 aliphatic heterocycles. The van der Waals surface area contributed by atoms with Crippen molar-refractivity contribution in [3.8, 4) is 22.9 Å². The summed E-state index contributed by atoms with van der Waals surface area (Å²) in [6.07, 6.45) is 2.41. The third-order valence-corrected chi connectivity index (χ3v) is 6.98. The zero-order valence-electron chi connectivity index (χ0n) is 21.1. The maximum atomic E-state index is 14.7. The number of nitrogens with zero attached hydrogens (tertiary/aromatic N) is 5. The summed E-state index contributed by atoms with van der Waals surface area (Å²) in [5.74, 6) is -4.02. The summed E-state index contributed by atoms with van der Waals surface area (Å²) < 4.78 is 36.6. The standard InChI is InChI=1S/C27H26F2N6O4/c1-34-8-5-21(33-34)19-12-20(19)26(38)32-24-11-17(4-7-31-24)16-2-3-22(18(10-16)13-30)39-23-6-9-35(25(37)14-36)15-27(23,28)29/h2-5,7-8,10-11,19-20,23,36H,6,9,12,14-15H2,1H3,(H,31,32,38)/t19?,20?,23-/m0/s1. The van der Waals surface area contributed by atoms with Gasteiger partial charge in [-0.25, -0.2) is 13.8 Å². The van der Waals surface area contributed by atoms with Gasteiger partial charge in [0.25, 0.3) is 0 Å². The van der Waals surface area contributed by atoms with Crippen molar-refractivity contribution in [3.05, 3.63) is 60.0 Å². The summed E-state index contributed by atoms with van der Waals surface area (Å²) in [6, 6.07) is 11.9. The molecule has 12 heteroatoms. The molecule has 3 atom stereocenters. The molecule has 10 nitrogen and oxygen atoms in total. The number of hydrogen-bond acceptors (Lipinski definition) is 7. The topological polar surface area (TPSA) is 133 Å². The smallest absolute Gasteiger partial charge is 0.301 e. The number of nitriles is 1. The van der Waals surface area contributed by atoms with Crippen LogP contribution in [-0.2, 0) is 16.6 Å². The fraction of sp³-hybridized carbons (Fsp3) is 0.370. The Bertz CT molecular complexity index is 1450. The van der Waals surface area contributed by atoms with Crippen LogP contribution in [0.5, 0.6) is 5.75 Å². The maximum Gasteiger partial charge on any atom is 0.301 e. The number of carbonyl (C=O) groups excluding carboxylic acids is 2. The number of aliphatic hydroxyl groups excluding tert-OH is 1. The molecule has 1 aliphatic carbocycles. The van der Waals surface area contributed by atoms with E-state index in [9.17, 15) is 23.6 Å². The largest absolute Gasteiger partial charge is 0.483 e.